The molecule has 0 unspecified atom stereocenters. The van der Waals surface area contributed by atoms with Crippen LogP contribution in [-0.2, 0) is 23.4 Å². The van der Waals surface area contributed by atoms with Gasteiger partial charge in [0.25, 0.3) is 5.91 Å². The van der Waals surface area contributed by atoms with Crippen LogP contribution in [0.3, 0.4) is 0 Å². The Kier molecular flexibility index (Phi) is 4.94. The van der Waals surface area contributed by atoms with Gasteiger partial charge in [-0.3, -0.25) is 19.1 Å². The molecule has 124 valence electrons. The summed E-state index contributed by atoms with van der Waals surface area (Å²) in [6.07, 6.45) is 6.64. The van der Waals surface area contributed by atoms with E-state index in [4.69, 9.17) is 11.6 Å². The van der Waals surface area contributed by atoms with Crippen LogP contribution in [0.1, 0.15) is 33.3 Å². The predicted octanol–water partition coefficient (Wildman–Crippen LogP) is 3.23. The molecule has 0 fully saturated rings. The van der Waals surface area contributed by atoms with Crippen molar-refractivity contribution >= 4 is 23.3 Å². The second-order valence-corrected chi connectivity index (χ2v) is 6.66. The van der Waals surface area contributed by atoms with E-state index in [1.54, 1.807) is 17.1 Å². The van der Waals surface area contributed by atoms with E-state index in [-0.39, 0.29) is 11.4 Å². The van der Waals surface area contributed by atoms with Crippen LogP contribution < -0.4 is 4.90 Å². The van der Waals surface area contributed by atoms with Crippen LogP contribution in [0.25, 0.3) is 0 Å². The van der Waals surface area contributed by atoms with Crippen LogP contribution in [0.2, 0.25) is 5.02 Å². The highest BCUT2D eigenvalue weighted by Crippen LogP contribution is 2.26. The Morgan fingerprint density at radius 1 is 1.43 bits per heavy atom. The quantitative estimate of drug-likeness (QED) is 0.788. The first-order chi connectivity index (χ1) is 10.8. The van der Waals surface area contributed by atoms with Crippen LogP contribution in [0.15, 0.2) is 31.2 Å². The maximum atomic E-state index is 12.2. The molecule has 0 aliphatic rings. The summed E-state index contributed by atoms with van der Waals surface area (Å²) in [5.74, 6) is 0.179. The zero-order valence-electron chi connectivity index (χ0n) is 14.0. The van der Waals surface area contributed by atoms with Crippen molar-refractivity contribution in [1.82, 2.24) is 19.6 Å². The maximum absolute atomic E-state index is 12.2. The number of hydrogen-bond acceptors (Lipinski definition) is 3. The Balaban J connectivity index is 2.33. The Morgan fingerprint density at radius 2 is 2.13 bits per heavy atom. The van der Waals surface area contributed by atoms with Gasteiger partial charge in [0.15, 0.2) is 5.82 Å². The molecule has 0 aliphatic carbocycles. The number of carbonyl (C=O) groups is 1. The SMILES string of the molecule is C=CC(=O)N(Cc1cnn(C(C)(C)C)c1)c1nn(CC)cc1Cl. The van der Waals surface area contributed by atoms with Crippen LogP contribution in [0, 0.1) is 0 Å². The number of halogens is 1. The lowest BCUT2D eigenvalue weighted by Gasteiger charge is -2.20. The summed E-state index contributed by atoms with van der Waals surface area (Å²) < 4.78 is 3.56. The molecule has 0 aliphatic heterocycles. The van der Waals surface area contributed by atoms with E-state index in [2.05, 4.69) is 37.5 Å². The molecule has 0 saturated heterocycles. The fourth-order valence-corrected chi connectivity index (χ4v) is 2.34. The molecular weight excluding hydrogens is 314 g/mol. The largest absolute Gasteiger partial charge is 0.286 e. The van der Waals surface area contributed by atoms with Gasteiger partial charge in [0.2, 0.25) is 0 Å². The van der Waals surface area contributed by atoms with Gasteiger partial charge in [0.05, 0.1) is 18.3 Å². The van der Waals surface area contributed by atoms with Gasteiger partial charge in [-0.2, -0.15) is 10.2 Å². The molecule has 23 heavy (non-hydrogen) atoms. The predicted molar refractivity (Wildman–Crippen MR) is 91.5 cm³/mol. The molecule has 0 aromatic carbocycles. The maximum Gasteiger partial charge on any atom is 0.251 e. The number of rotatable bonds is 5. The molecule has 2 rings (SSSR count). The highest BCUT2D eigenvalue weighted by molar-refractivity contribution is 6.33. The van der Waals surface area contributed by atoms with Crippen molar-refractivity contribution in [3.8, 4) is 0 Å². The average Bonchev–Trinajstić information content (AvgIpc) is 3.10. The summed E-state index contributed by atoms with van der Waals surface area (Å²) in [6.45, 7) is 12.7. The smallest absolute Gasteiger partial charge is 0.251 e. The molecule has 0 N–H and O–H groups in total. The van der Waals surface area contributed by atoms with Gasteiger partial charge in [-0.1, -0.05) is 18.2 Å². The number of carbonyl (C=O) groups excluding carboxylic acids is 1. The van der Waals surface area contributed by atoms with Crippen molar-refractivity contribution in [1.29, 1.82) is 0 Å². The van der Waals surface area contributed by atoms with E-state index >= 15 is 0 Å². The van der Waals surface area contributed by atoms with Crippen molar-refractivity contribution < 1.29 is 4.79 Å². The van der Waals surface area contributed by atoms with Gasteiger partial charge in [0.1, 0.15) is 5.02 Å². The third-order valence-electron chi connectivity index (χ3n) is 3.38. The first-order valence-electron chi connectivity index (χ1n) is 7.47. The Hall–Kier alpha value is -2.08. The molecular formula is C16H22ClN5O. The first-order valence-corrected chi connectivity index (χ1v) is 7.85. The van der Waals surface area contributed by atoms with Gasteiger partial charge < -0.3 is 0 Å². The lowest BCUT2D eigenvalue weighted by molar-refractivity contribution is -0.114. The van der Waals surface area contributed by atoms with Crippen molar-refractivity contribution in [2.45, 2.75) is 46.3 Å². The van der Waals surface area contributed by atoms with E-state index in [1.165, 1.54) is 11.0 Å². The number of aromatic nitrogens is 4. The van der Waals surface area contributed by atoms with Gasteiger partial charge in [0, 0.05) is 24.5 Å². The lowest BCUT2D eigenvalue weighted by atomic mass is 10.1. The van der Waals surface area contributed by atoms with E-state index in [0.29, 0.717) is 23.9 Å². The van der Waals surface area contributed by atoms with Gasteiger partial charge in [-0.15, -0.1) is 0 Å². The molecule has 2 heterocycles. The second-order valence-electron chi connectivity index (χ2n) is 6.25. The van der Waals surface area contributed by atoms with Crippen LogP contribution >= 0.6 is 11.6 Å². The number of anilines is 1. The number of amides is 1. The van der Waals surface area contributed by atoms with Gasteiger partial charge >= 0.3 is 0 Å². The molecule has 0 saturated carbocycles. The molecule has 6 nitrogen and oxygen atoms in total. The molecule has 0 atom stereocenters. The topological polar surface area (TPSA) is 56.0 Å². The summed E-state index contributed by atoms with van der Waals surface area (Å²) in [6, 6.07) is 0. The lowest BCUT2D eigenvalue weighted by Crippen LogP contribution is -2.29. The summed E-state index contributed by atoms with van der Waals surface area (Å²) in [7, 11) is 0. The third-order valence-corrected chi connectivity index (χ3v) is 3.65. The Morgan fingerprint density at radius 3 is 2.61 bits per heavy atom. The molecule has 0 bridgehead atoms. The van der Waals surface area contributed by atoms with Gasteiger partial charge in [-0.25, -0.2) is 0 Å². The highest BCUT2D eigenvalue weighted by Gasteiger charge is 2.22. The fourth-order valence-electron chi connectivity index (χ4n) is 2.09. The molecule has 2 aromatic rings. The minimum absolute atomic E-state index is 0.118. The molecule has 1 amide bonds. The van der Waals surface area contributed by atoms with Crippen LogP contribution in [-0.4, -0.2) is 25.5 Å². The van der Waals surface area contributed by atoms with Gasteiger partial charge in [-0.05, 0) is 33.8 Å². The number of hydrogen-bond donors (Lipinski definition) is 0. The number of nitrogens with zero attached hydrogens (tertiary/aromatic N) is 5. The van der Waals surface area contributed by atoms with Crippen molar-refractivity contribution in [2.24, 2.45) is 0 Å². The van der Waals surface area contributed by atoms with Crippen LogP contribution in [0.5, 0.6) is 0 Å². The van der Waals surface area contributed by atoms with E-state index in [0.717, 1.165) is 5.56 Å². The monoisotopic (exact) mass is 335 g/mol. The van der Waals surface area contributed by atoms with E-state index in [1.807, 2.05) is 17.8 Å². The van der Waals surface area contributed by atoms with E-state index < -0.39 is 0 Å². The Labute approximate surface area is 141 Å². The standard InChI is InChI=1S/C16H22ClN5O/c1-6-14(23)21(15-13(17)11-20(7-2)19-15)9-12-8-18-22(10-12)16(3,4)5/h6,8,10-11H,1,7,9H2,2-5H3. The van der Waals surface area contributed by atoms with Crippen molar-refractivity contribution in [2.75, 3.05) is 4.90 Å². The molecule has 7 heteroatoms. The summed E-state index contributed by atoms with van der Waals surface area (Å²) >= 11 is 6.23. The summed E-state index contributed by atoms with van der Waals surface area (Å²) in [4.78, 5) is 13.7. The normalized spacial score (nSPS) is 11.5. The van der Waals surface area contributed by atoms with Crippen molar-refractivity contribution in [3.63, 3.8) is 0 Å². The minimum Gasteiger partial charge on any atom is -0.286 e. The fraction of sp³-hybridized carbons (Fsp3) is 0.438. The minimum atomic E-state index is -0.253. The zero-order chi connectivity index (χ0) is 17.2. The summed E-state index contributed by atoms with van der Waals surface area (Å²) in [5.41, 5.74) is 0.782. The zero-order valence-corrected chi connectivity index (χ0v) is 14.7. The average molecular weight is 336 g/mol. The number of aryl methyl sites for hydroxylation is 1. The van der Waals surface area contributed by atoms with E-state index in [9.17, 15) is 4.79 Å². The summed E-state index contributed by atoms with van der Waals surface area (Å²) in [5, 5.41) is 9.16. The first kappa shape index (κ1) is 17.3. The van der Waals surface area contributed by atoms with Crippen molar-refractivity contribution in [3.05, 3.63) is 41.8 Å². The molecule has 2 aromatic heterocycles. The highest BCUT2D eigenvalue weighted by atomic mass is 35.5. The second kappa shape index (κ2) is 6.58. The van der Waals surface area contributed by atoms with Crippen LogP contribution in [0.4, 0.5) is 5.82 Å². The molecule has 0 radical (unpaired) electrons. The Bertz CT molecular complexity index is 710. The third kappa shape index (κ3) is 3.82. The molecule has 0 spiro atoms.